The fraction of sp³-hybridized carbons (Fsp3) is 0.552. The van der Waals surface area contributed by atoms with Gasteiger partial charge in [-0.05, 0) is 69.8 Å². The van der Waals surface area contributed by atoms with Crippen LogP contribution in [0.15, 0.2) is 42.5 Å². The Morgan fingerprint density at radius 1 is 0.943 bits per heavy atom. The molecule has 0 saturated carbocycles. The maximum absolute atomic E-state index is 13.9. The molecule has 0 unspecified atom stereocenters. The van der Waals surface area contributed by atoms with Crippen molar-refractivity contribution in [3.8, 4) is 17.2 Å². The lowest BCUT2D eigenvalue weighted by Crippen LogP contribution is -2.51. The zero-order chi connectivity index (χ0) is 24.7. The highest BCUT2D eigenvalue weighted by Gasteiger charge is 2.43. The van der Waals surface area contributed by atoms with Crippen LogP contribution in [-0.2, 0) is 17.8 Å². The number of likely N-dealkylation sites (N-methyl/N-ethyl adjacent to an activating group) is 1. The monoisotopic (exact) mass is 480 g/mol. The second-order valence-electron chi connectivity index (χ2n) is 9.76. The molecule has 1 amide bonds. The third-order valence-electron chi connectivity index (χ3n) is 7.76. The van der Waals surface area contributed by atoms with E-state index in [1.54, 1.807) is 14.2 Å². The van der Waals surface area contributed by atoms with Gasteiger partial charge in [0.1, 0.15) is 12.4 Å². The molecule has 0 aliphatic carbocycles. The molecule has 2 aliphatic heterocycles. The van der Waals surface area contributed by atoms with Gasteiger partial charge in [-0.3, -0.25) is 9.69 Å². The standard InChI is InChI=1S/C29H40N2O4/c1-4-31-20-21-35-25-13-6-5-10-23(25)11-7-8-15-29(28(31)32)16-18-30(19-17-29)22-24-12-9-14-26(33-2)27(24)34-3/h5-6,9-10,12-14H,4,7-8,11,15-22H2,1-3H3. The zero-order valence-corrected chi connectivity index (χ0v) is 21.6. The van der Waals surface area contributed by atoms with E-state index in [4.69, 9.17) is 14.2 Å². The number of benzene rings is 2. The molecule has 6 heteroatoms. The maximum atomic E-state index is 13.9. The fourth-order valence-electron chi connectivity index (χ4n) is 5.66. The Labute approximate surface area is 210 Å². The van der Waals surface area contributed by atoms with Gasteiger partial charge in [-0.2, -0.15) is 0 Å². The van der Waals surface area contributed by atoms with Crippen LogP contribution in [-0.4, -0.2) is 62.7 Å². The Bertz CT molecular complexity index is 984. The number of aryl methyl sites for hydroxylation is 1. The molecule has 0 atom stereocenters. The summed E-state index contributed by atoms with van der Waals surface area (Å²) in [7, 11) is 3.36. The average molecular weight is 481 g/mol. The van der Waals surface area contributed by atoms with E-state index < -0.39 is 0 Å². The van der Waals surface area contributed by atoms with Crippen LogP contribution in [0.3, 0.4) is 0 Å². The van der Waals surface area contributed by atoms with Gasteiger partial charge in [-0.15, -0.1) is 0 Å². The molecule has 0 aromatic heterocycles. The highest BCUT2D eigenvalue weighted by Crippen LogP contribution is 2.40. The molecule has 2 aliphatic rings. The van der Waals surface area contributed by atoms with Crippen molar-refractivity contribution in [1.29, 1.82) is 0 Å². The number of amides is 1. The number of carbonyl (C=O) groups excluding carboxylic acids is 1. The Kier molecular flexibility index (Phi) is 8.55. The molecule has 2 heterocycles. The second kappa shape index (κ2) is 11.8. The maximum Gasteiger partial charge on any atom is 0.228 e. The largest absolute Gasteiger partial charge is 0.493 e. The summed E-state index contributed by atoms with van der Waals surface area (Å²) in [6.07, 6.45) is 5.88. The van der Waals surface area contributed by atoms with Crippen LogP contribution in [0.2, 0.25) is 0 Å². The van der Waals surface area contributed by atoms with Crippen molar-refractivity contribution >= 4 is 5.91 Å². The van der Waals surface area contributed by atoms with E-state index in [1.807, 2.05) is 29.2 Å². The first-order chi connectivity index (χ1) is 17.1. The number of nitrogens with zero attached hydrogens (tertiary/aromatic N) is 2. The fourth-order valence-corrected chi connectivity index (χ4v) is 5.66. The SMILES string of the molecule is CCN1CCOc2ccccc2CCCCC2(CCN(Cc3cccc(OC)c3OC)CC2)C1=O. The van der Waals surface area contributed by atoms with Crippen molar-refractivity contribution in [3.05, 3.63) is 53.6 Å². The van der Waals surface area contributed by atoms with Crippen LogP contribution in [0.4, 0.5) is 0 Å². The number of methoxy groups -OCH3 is 2. The van der Waals surface area contributed by atoms with E-state index in [0.29, 0.717) is 19.1 Å². The van der Waals surface area contributed by atoms with Gasteiger partial charge >= 0.3 is 0 Å². The van der Waals surface area contributed by atoms with E-state index in [1.165, 1.54) is 5.56 Å². The van der Waals surface area contributed by atoms with Crippen LogP contribution >= 0.6 is 0 Å². The van der Waals surface area contributed by atoms with E-state index in [-0.39, 0.29) is 5.41 Å². The molecule has 1 fully saturated rings. The molecule has 0 bridgehead atoms. The van der Waals surface area contributed by atoms with Gasteiger partial charge in [0.05, 0.1) is 26.2 Å². The summed E-state index contributed by atoms with van der Waals surface area (Å²) in [5.74, 6) is 2.84. The van der Waals surface area contributed by atoms with E-state index in [2.05, 4.69) is 30.0 Å². The summed E-state index contributed by atoms with van der Waals surface area (Å²) < 4.78 is 17.2. The number of fused-ring (bicyclic) bond motifs is 1. The van der Waals surface area contributed by atoms with E-state index in [9.17, 15) is 4.79 Å². The number of piperidine rings is 1. The Balaban J connectivity index is 1.46. The summed E-state index contributed by atoms with van der Waals surface area (Å²) in [4.78, 5) is 18.3. The Hall–Kier alpha value is -2.73. The van der Waals surface area contributed by atoms with Crippen molar-refractivity contribution in [3.63, 3.8) is 0 Å². The molecule has 35 heavy (non-hydrogen) atoms. The van der Waals surface area contributed by atoms with E-state index in [0.717, 1.165) is 87.5 Å². The molecular weight excluding hydrogens is 440 g/mol. The molecular formula is C29H40N2O4. The average Bonchev–Trinajstić information content (AvgIpc) is 2.89. The quantitative estimate of drug-likeness (QED) is 0.607. The lowest BCUT2D eigenvalue weighted by atomic mass is 9.73. The molecule has 6 nitrogen and oxygen atoms in total. The number of rotatable bonds is 5. The summed E-state index contributed by atoms with van der Waals surface area (Å²) >= 11 is 0. The molecule has 190 valence electrons. The smallest absolute Gasteiger partial charge is 0.228 e. The van der Waals surface area contributed by atoms with Crippen molar-refractivity contribution in [2.45, 2.75) is 52.0 Å². The van der Waals surface area contributed by atoms with Crippen LogP contribution in [0, 0.1) is 5.41 Å². The molecule has 1 spiro atoms. The first-order valence-electron chi connectivity index (χ1n) is 13.0. The minimum absolute atomic E-state index is 0.274. The van der Waals surface area contributed by atoms with Gasteiger partial charge in [-0.1, -0.05) is 36.8 Å². The predicted molar refractivity (Wildman–Crippen MR) is 138 cm³/mol. The molecule has 2 aromatic carbocycles. The van der Waals surface area contributed by atoms with Crippen molar-refractivity contribution < 1.29 is 19.0 Å². The Morgan fingerprint density at radius 2 is 1.74 bits per heavy atom. The van der Waals surface area contributed by atoms with Gasteiger partial charge in [-0.25, -0.2) is 0 Å². The highest BCUT2D eigenvalue weighted by atomic mass is 16.5. The molecule has 0 radical (unpaired) electrons. The minimum atomic E-state index is -0.274. The molecule has 2 aromatic rings. The van der Waals surface area contributed by atoms with Crippen molar-refractivity contribution in [1.82, 2.24) is 9.80 Å². The number of hydrogen-bond acceptors (Lipinski definition) is 5. The van der Waals surface area contributed by atoms with E-state index >= 15 is 0 Å². The van der Waals surface area contributed by atoms with Gasteiger partial charge in [0.2, 0.25) is 5.91 Å². The van der Waals surface area contributed by atoms with Crippen molar-refractivity contribution in [2.24, 2.45) is 5.41 Å². The molecule has 4 rings (SSSR count). The highest BCUT2D eigenvalue weighted by molar-refractivity contribution is 5.83. The number of ether oxygens (including phenoxy) is 3. The minimum Gasteiger partial charge on any atom is -0.493 e. The van der Waals surface area contributed by atoms with Crippen LogP contribution in [0.5, 0.6) is 17.2 Å². The molecule has 0 N–H and O–H groups in total. The zero-order valence-electron chi connectivity index (χ0n) is 21.6. The number of hydrogen-bond donors (Lipinski definition) is 0. The van der Waals surface area contributed by atoms with Crippen LogP contribution in [0.1, 0.15) is 50.2 Å². The number of para-hydroxylation sites is 2. The van der Waals surface area contributed by atoms with Gasteiger partial charge in [0.15, 0.2) is 11.5 Å². The lowest BCUT2D eigenvalue weighted by Gasteiger charge is -2.43. The van der Waals surface area contributed by atoms with Gasteiger partial charge in [0.25, 0.3) is 0 Å². The van der Waals surface area contributed by atoms with Crippen LogP contribution in [0.25, 0.3) is 0 Å². The molecule has 1 saturated heterocycles. The first-order valence-corrected chi connectivity index (χ1v) is 13.0. The second-order valence-corrected chi connectivity index (χ2v) is 9.76. The summed E-state index contributed by atoms with van der Waals surface area (Å²) in [5, 5.41) is 0. The van der Waals surface area contributed by atoms with Crippen molar-refractivity contribution in [2.75, 3.05) is 47.0 Å². The third-order valence-corrected chi connectivity index (χ3v) is 7.76. The summed E-state index contributed by atoms with van der Waals surface area (Å²) in [6, 6.07) is 14.4. The number of likely N-dealkylation sites (tertiary alicyclic amines) is 1. The van der Waals surface area contributed by atoms with Crippen LogP contribution < -0.4 is 14.2 Å². The number of carbonyl (C=O) groups is 1. The topological polar surface area (TPSA) is 51.2 Å². The van der Waals surface area contributed by atoms with Gasteiger partial charge < -0.3 is 19.1 Å². The lowest BCUT2D eigenvalue weighted by molar-refractivity contribution is -0.146. The normalized spacial score (nSPS) is 19.3. The third kappa shape index (κ3) is 5.75. The van der Waals surface area contributed by atoms with Gasteiger partial charge in [0, 0.05) is 18.7 Å². The first kappa shape index (κ1) is 25.4. The Morgan fingerprint density at radius 3 is 2.49 bits per heavy atom. The summed E-state index contributed by atoms with van der Waals surface area (Å²) in [6.45, 7) is 6.58. The predicted octanol–water partition coefficient (Wildman–Crippen LogP) is 4.94. The summed E-state index contributed by atoms with van der Waals surface area (Å²) in [5.41, 5.74) is 2.13.